The first-order valence-corrected chi connectivity index (χ1v) is 9.68. The lowest BCUT2D eigenvalue weighted by Gasteiger charge is -2.05. The van der Waals surface area contributed by atoms with Crippen molar-refractivity contribution < 1.29 is 29.3 Å². The fraction of sp³-hybridized carbons (Fsp3) is 0.478. The van der Waals surface area contributed by atoms with E-state index in [4.69, 9.17) is 19.7 Å². The Hall–Kier alpha value is -2.44. The van der Waals surface area contributed by atoms with Crippen LogP contribution in [0.4, 0.5) is 0 Å². The predicted molar refractivity (Wildman–Crippen MR) is 117 cm³/mol. The Morgan fingerprint density at radius 2 is 1.38 bits per heavy atom. The van der Waals surface area contributed by atoms with E-state index in [2.05, 4.69) is 13.2 Å². The summed E-state index contributed by atoms with van der Waals surface area (Å²) in [6, 6.07) is 9.43. The van der Waals surface area contributed by atoms with Crippen LogP contribution in [0.15, 0.2) is 55.6 Å². The number of ether oxygens (including phenoxy) is 2. The van der Waals surface area contributed by atoms with Crippen LogP contribution in [0.1, 0.15) is 52.0 Å². The van der Waals surface area contributed by atoms with Crippen molar-refractivity contribution in [3.63, 3.8) is 0 Å². The Labute approximate surface area is 175 Å². The molecule has 0 amide bonds. The molecule has 6 nitrogen and oxygen atoms in total. The van der Waals surface area contributed by atoms with Gasteiger partial charge in [0.15, 0.2) is 0 Å². The molecule has 29 heavy (non-hydrogen) atoms. The van der Waals surface area contributed by atoms with Crippen molar-refractivity contribution >= 4 is 11.9 Å². The molecule has 0 unspecified atom stereocenters. The summed E-state index contributed by atoms with van der Waals surface area (Å²) in [5.41, 5.74) is 0.932. The van der Waals surface area contributed by atoms with Crippen LogP contribution >= 0.6 is 0 Å². The number of carbonyl (C=O) groups excluding carboxylic acids is 2. The predicted octanol–water partition coefficient (Wildman–Crippen LogP) is 4.21. The molecule has 0 atom stereocenters. The van der Waals surface area contributed by atoms with Crippen molar-refractivity contribution in [1.82, 2.24) is 0 Å². The third-order valence-corrected chi connectivity index (χ3v) is 2.64. The molecule has 2 N–H and O–H groups in total. The zero-order chi connectivity index (χ0) is 22.8. The van der Waals surface area contributed by atoms with Crippen LogP contribution in [0.3, 0.4) is 0 Å². The lowest BCUT2D eigenvalue weighted by Crippen LogP contribution is -2.10. The first kappa shape index (κ1) is 31.3. The van der Waals surface area contributed by atoms with Gasteiger partial charge in [-0.15, -0.1) is 13.2 Å². The number of aliphatic hydroxyl groups excluding tert-OH is 2. The molecule has 0 saturated carbocycles. The Kier molecular flexibility index (Phi) is 29.9. The lowest BCUT2D eigenvalue weighted by atomic mass is 10.2. The van der Waals surface area contributed by atoms with Crippen molar-refractivity contribution in [2.45, 2.75) is 53.1 Å². The average molecular weight is 411 g/mol. The summed E-state index contributed by atoms with van der Waals surface area (Å²) in [7, 11) is 0. The standard InChI is InChI=1S/C15H20O4.2C3H6.C2H6O2/c1-2-3-11-18-14(16)9-10-15(17)19-12-13-7-5-4-6-8-13;2*1-3-2;3-1-2-4/h4-8H,2-3,9-12H2,1H3;2*3H,1H2,2H3;3-4H,1-2H2. The Morgan fingerprint density at radius 1 is 0.931 bits per heavy atom. The number of benzene rings is 1. The Balaban J connectivity index is -0.000000565. The van der Waals surface area contributed by atoms with E-state index in [0.29, 0.717) is 6.61 Å². The molecule has 1 rings (SSSR count). The minimum atomic E-state index is -0.378. The molecule has 0 fully saturated rings. The van der Waals surface area contributed by atoms with Gasteiger partial charge in [-0.1, -0.05) is 55.8 Å². The third-order valence-electron chi connectivity index (χ3n) is 2.64. The summed E-state index contributed by atoms with van der Waals surface area (Å²) < 4.78 is 10.0. The molecule has 0 aromatic heterocycles. The van der Waals surface area contributed by atoms with Gasteiger partial charge in [-0.25, -0.2) is 0 Å². The van der Waals surface area contributed by atoms with Gasteiger partial charge in [-0.2, -0.15) is 0 Å². The van der Waals surface area contributed by atoms with E-state index in [-0.39, 0.29) is 44.6 Å². The van der Waals surface area contributed by atoms with Gasteiger partial charge in [0.05, 0.1) is 32.7 Å². The number of hydrogen-bond donors (Lipinski definition) is 2. The fourth-order valence-electron chi connectivity index (χ4n) is 1.42. The maximum absolute atomic E-state index is 11.4. The zero-order valence-electron chi connectivity index (χ0n) is 18.1. The van der Waals surface area contributed by atoms with Crippen molar-refractivity contribution in [2.24, 2.45) is 0 Å². The van der Waals surface area contributed by atoms with E-state index in [0.717, 1.165) is 18.4 Å². The first-order chi connectivity index (χ1) is 14.0. The van der Waals surface area contributed by atoms with Crippen LogP contribution in [0.2, 0.25) is 0 Å². The second-order valence-electron chi connectivity index (χ2n) is 5.48. The van der Waals surface area contributed by atoms with Gasteiger partial charge in [0.25, 0.3) is 0 Å². The Bertz CT molecular complexity index is 491. The molecule has 0 aliphatic heterocycles. The summed E-state index contributed by atoms with van der Waals surface area (Å²) in [5.74, 6) is -0.721. The molecule has 0 bridgehead atoms. The largest absolute Gasteiger partial charge is 0.466 e. The summed E-state index contributed by atoms with van der Waals surface area (Å²) in [6.45, 7) is 12.9. The first-order valence-electron chi connectivity index (χ1n) is 9.68. The van der Waals surface area contributed by atoms with E-state index >= 15 is 0 Å². The maximum atomic E-state index is 11.4. The monoisotopic (exact) mass is 410 g/mol. The van der Waals surface area contributed by atoms with Gasteiger partial charge >= 0.3 is 11.9 Å². The molecular formula is C23H38O6. The summed E-state index contributed by atoms with van der Waals surface area (Å²) in [5, 5.41) is 15.2. The van der Waals surface area contributed by atoms with Crippen LogP contribution in [0, 0.1) is 0 Å². The molecule has 0 heterocycles. The van der Waals surface area contributed by atoms with Crippen molar-refractivity contribution in [1.29, 1.82) is 0 Å². The van der Waals surface area contributed by atoms with E-state index in [1.165, 1.54) is 0 Å². The summed E-state index contributed by atoms with van der Waals surface area (Å²) in [6.07, 6.45) is 5.48. The molecule has 1 aromatic rings. The van der Waals surface area contributed by atoms with Gasteiger partial charge in [0.1, 0.15) is 6.61 Å². The number of allylic oxidation sites excluding steroid dienone is 2. The number of hydrogen-bond acceptors (Lipinski definition) is 6. The van der Waals surface area contributed by atoms with Crippen LogP contribution in [0.5, 0.6) is 0 Å². The Morgan fingerprint density at radius 3 is 1.79 bits per heavy atom. The van der Waals surface area contributed by atoms with Crippen molar-refractivity contribution in [2.75, 3.05) is 19.8 Å². The second-order valence-corrected chi connectivity index (χ2v) is 5.48. The average Bonchev–Trinajstić information content (AvgIpc) is 2.73. The molecule has 166 valence electrons. The van der Waals surface area contributed by atoms with Crippen LogP contribution in [0.25, 0.3) is 0 Å². The van der Waals surface area contributed by atoms with Gasteiger partial charge in [-0.05, 0) is 25.8 Å². The third kappa shape index (κ3) is 30.5. The molecule has 0 aliphatic carbocycles. The SMILES string of the molecule is C=CC.C=CC.CCCCOC(=O)CCC(=O)OCc1ccccc1.OCCO. The fourth-order valence-corrected chi connectivity index (χ4v) is 1.42. The molecule has 1 aromatic carbocycles. The highest BCUT2D eigenvalue weighted by atomic mass is 16.5. The number of rotatable bonds is 9. The molecular weight excluding hydrogens is 372 g/mol. The van der Waals surface area contributed by atoms with Crippen molar-refractivity contribution in [3.8, 4) is 0 Å². The molecule has 0 radical (unpaired) electrons. The van der Waals surface area contributed by atoms with E-state index in [9.17, 15) is 9.59 Å². The van der Waals surface area contributed by atoms with Crippen LogP contribution < -0.4 is 0 Å². The van der Waals surface area contributed by atoms with Gasteiger partial charge in [0.2, 0.25) is 0 Å². The minimum Gasteiger partial charge on any atom is -0.466 e. The molecule has 6 heteroatoms. The number of aliphatic hydroxyl groups is 2. The highest BCUT2D eigenvalue weighted by Crippen LogP contribution is 2.03. The van der Waals surface area contributed by atoms with Gasteiger partial charge in [-0.3, -0.25) is 9.59 Å². The number of esters is 2. The highest BCUT2D eigenvalue weighted by molar-refractivity contribution is 5.77. The smallest absolute Gasteiger partial charge is 0.306 e. The summed E-state index contributed by atoms with van der Waals surface area (Å²) in [4.78, 5) is 22.7. The molecule has 0 saturated heterocycles. The number of carbonyl (C=O) groups is 2. The van der Waals surface area contributed by atoms with E-state index in [1.54, 1.807) is 12.2 Å². The van der Waals surface area contributed by atoms with Gasteiger partial charge < -0.3 is 19.7 Å². The normalized spacial score (nSPS) is 8.45. The zero-order valence-corrected chi connectivity index (χ0v) is 18.1. The topological polar surface area (TPSA) is 93.1 Å². The molecule has 0 aliphatic rings. The maximum Gasteiger partial charge on any atom is 0.306 e. The van der Waals surface area contributed by atoms with Crippen molar-refractivity contribution in [3.05, 3.63) is 61.2 Å². The van der Waals surface area contributed by atoms with Crippen LogP contribution in [-0.4, -0.2) is 42.0 Å². The van der Waals surface area contributed by atoms with E-state index in [1.807, 2.05) is 51.1 Å². The number of unbranched alkanes of at least 4 members (excludes halogenated alkanes) is 1. The lowest BCUT2D eigenvalue weighted by molar-refractivity contribution is -0.151. The van der Waals surface area contributed by atoms with Crippen LogP contribution in [-0.2, 0) is 25.7 Å². The summed E-state index contributed by atoms with van der Waals surface area (Å²) >= 11 is 0. The molecule has 0 spiro atoms. The quantitative estimate of drug-likeness (QED) is 0.360. The van der Waals surface area contributed by atoms with Gasteiger partial charge in [0, 0.05) is 0 Å². The second kappa shape index (κ2) is 27.8. The highest BCUT2D eigenvalue weighted by Gasteiger charge is 2.09. The minimum absolute atomic E-state index is 0.0673. The van der Waals surface area contributed by atoms with E-state index < -0.39 is 0 Å².